The Morgan fingerprint density at radius 3 is 2.58 bits per heavy atom. The van der Waals surface area contributed by atoms with Gasteiger partial charge in [-0.05, 0) is 31.4 Å². The number of benzene rings is 1. The van der Waals surface area contributed by atoms with Gasteiger partial charge in [-0.2, -0.15) is 0 Å². The summed E-state index contributed by atoms with van der Waals surface area (Å²) in [5.41, 5.74) is 0.959. The van der Waals surface area contributed by atoms with Crippen molar-refractivity contribution in [3.63, 3.8) is 0 Å². The van der Waals surface area contributed by atoms with Gasteiger partial charge in [0.1, 0.15) is 0 Å². The summed E-state index contributed by atoms with van der Waals surface area (Å²) < 4.78 is 25.5. The lowest BCUT2D eigenvalue weighted by Gasteiger charge is -2.40. The summed E-state index contributed by atoms with van der Waals surface area (Å²) in [5, 5.41) is 4.01. The van der Waals surface area contributed by atoms with Gasteiger partial charge in [0, 0.05) is 43.7 Å². The van der Waals surface area contributed by atoms with E-state index in [0.717, 1.165) is 12.1 Å². The van der Waals surface area contributed by atoms with Crippen molar-refractivity contribution in [2.45, 2.75) is 25.8 Å². The van der Waals surface area contributed by atoms with Crippen molar-refractivity contribution in [2.75, 3.05) is 38.5 Å². The number of hydrogen-bond acceptors (Lipinski definition) is 4. The monoisotopic (exact) mass is 399 g/mol. The summed E-state index contributed by atoms with van der Waals surface area (Å²) in [4.78, 5) is 15.1. The van der Waals surface area contributed by atoms with E-state index < -0.39 is 10.0 Å². The molecular formula is C18H26ClN3O3S. The predicted molar refractivity (Wildman–Crippen MR) is 103 cm³/mol. The summed E-state index contributed by atoms with van der Waals surface area (Å²) in [6.45, 7) is 4.59. The van der Waals surface area contributed by atoms with Crippen LogP contribution in [0, 0.1) is 5.92 Å². The van der Waals surface area contributed by atoms with Crippen LogP contribution in [0.1, 0.15) is 31.4 Å². The zero-order chi connectivity index (χ0) is 18.7. The van der Waals surface area contributed by atoms with Gasteiger partial charge in [0.05, 0.1) is 11.8 Å². The van der Waals surface area contributed by atoms with Crippen LogP contribution in [0.25, 0.3) is 0 Å². The second-order valence-electron chi connectivity index (χ2n) is 6.85. The SMILES string of the molecule is CCS(=O)(=O)N1CCC(C(=O)N2CCNCC2c2ccccc2Cl)CC1. The Labute approximate surface area is 160 Å². The normalized spacial score (nSPS) is 23.2. The van der Waals surface area contributed by atoms with Crippen molar-refractivity contribution in [1.29, 1.82) is 0 Å². The van der Waals surface area contributed by atoms with Gasteiger partial charge in [-0.3, -0.25) is 4.79 Å². The number of piperazine rings is 1. The van der Waals surface area contributed by atoms with Crippen LogP contribution in [0.15, 0.2) is 24.3 Å². The van der Waals surface area contributed by atoms with Gasteiger partial charge in [-0.1, -0.05) is 29.8 Å². The van der Waals surface area contributed by atoms with E-state index in [1.165, 1.54) is 4.31 Å². The molecule has 2 aliphatic rings. The molecule has 2 saturated heterocycles. The molecule has 8 heteroatoms. The maximum Gasteiger partial charge on any atom is 0.226 e. The highest BCUT2D eigenvalue weighted by Gasteiger charge is 2.36. The van der Waals surface area contributed by atoms with Crippen LogP contribution >= 0.6 is 11.6 Å². The number of nitrogens with one attached hydrogen (secondary N) is 1. The van der Waals surface area contributed by atoms with Gasteiger partial charge >= 0.3 is 0 Å². The summed E-state index contributed by atoms with van der Waals surface area (Å²) in [6, 6.07) is 7.56. The van der Waals surface area contributed by atoms with Crippen LogP contribution in [-0.2, 0) is 14.8 Å². The van der Waals surface area contributed by atoms with Gasteiger partial charge in [-0.15, -0.1) is 0 Å². The van der Waals surface area contributed by atoms with Crippen molar-refractivity contribution < 1.29 is 13.2 Å². The van der Waals surface area contributed by atoms with Crippen molar-refractivity contribution in [2.24, 2.45) is 5.92 Å². The topological polar surface area (TPSA) is 69.7 Å². The molecule has 1 unspecified atom stereocenters. The Morgan fingerprint density at radius 1 is 1.23 bits per heavy atom. The second kappa shape index (κ2) is 8.25. The van der Waals surface area contributed by atoms with Crippen LogP contribution in [-0.4, -0.2) is 62.0 Å². The number of sulfonamides is 1. The van der Waals surface area contributed by atoms with Gasteiger partial charge in [-0.25, -0.2) is 12.7 Å². The third kappa shape index (κ3) is 4.06. The third-order valence-corrected chi connectivity index (χ3v) is 7.58. The first kappa shape index (κ1) is 19.6. The molecule has 0 aromatic heterocycles. The second-order valence-corrected chi connectivity index (χ2v) is 9.51. The minimum atomic E-state index is -3.17. The van der Waals surface area contributed by atoms with Crippen LogP contribution in [0.5, 0.6) is 0 Å². The molecule has 1 atom stereocenters. The summed E-state index contributed by atoms with van der Waals surface area (Å²) in [5.74, 6) is 0.101. The zero-order valence-corrected chi connectivity index (χ0v) is 16.6. The van der Waals surface area contributed by atoms with Crippen molar-refractivity contribution in [3.8, 4) is 0 Å². The molecule has 0 saturated carbocycles. The van der Waals surface area contributed by atoms with E-state index in [0.29, 0.717) is 44.0 Å². The molecule has 1 aromatic rings. The Hall–Kier alpha value is -1.15. The van der Waals surface area contributed by atoms with Crippen molar-refractivity contribution >= 4 is 27.5 Å². The molecule has 0 radical (unpaired) electrons. The fourth-order valence-electron chi connectivity index (χ4n) is 3.79. The summed E-state index contributed by atoms with van der Waals surface area (Å²) in [6.07, 6.45) is 1.16. The van der Waals surface area contributed by atoms with E-state index >= 15 is 0 Å². The summed E-state index contributed by atoms with van der Waals surface area (Å²) >= 11 is 6.36. The van der Waals surface area contributed by atoms with E-state index in [1.807, 2.05) is 29.2 Å². The van der Waals surface area contributed by atoms with Crippen LogP contribution < -0.4 is 5.32 Å². The quantitative estimate of drug-likeness (QED) is 0.839. The minimum Gasteiger partial charge on any atom is -0.333 e. The molecular weight excluding hydrogens is 374 g/mol. The summed E-state index contributed by atoms with van der Waals surface area (Å²) in [7, 11) is -3.17. The molecule has 2 heterocycles. The Balaban J connectivity index is 1.71. The van der Waals surface area contributed by atoms with Crippen LogP contribution in [0.2, 0.25) is 5.02 Å². The highest BCUT2D eigenvalue weighted by Crippen LogP contribution is 2.31. The molecule has 26 heavy (non-hydrogen) atoms. The van der Waals surface area contributed by atoms with Crippen molar-refractivity contribution in [1.82, 2.24) is 14.5 Å². The Bertz CT molecular complexity index is 748. The molecule has 1 aromatic carbocycles. The first-order chi connectivity index (χ1) is 12.4. The maximum atomic E-state index is 13.2. The molecule has 0 bridgehead atoms. The predicted octanol–water partition coefficient (Wildman–Crippen LogP) is 1.87. The molecule has 1 N–H and O–H groups in total. The highest BCUT2D eigenvalue weighted by atomic mass is 35.5. The average Bonchev–Trinajstić information content (AvgIpc) is 2.68. The number of amides is 1. The number of carbonyl (C=O) groups excluding carboxylic acids is 1. The molecule has 144 valence electrons. The molecule has 6 nitrogen and oxygen atoms in total. The molecule has 2 aliphatic heterocycles. The molecule has 3 rings (SSSR count). The number of piperidine rings is 1. The number of carbonyl (C=O) groups is 1. The molecule has 0 aliphatic carbocycles. The first-order valence-electron chi connectivity index (χ1n) is 9.17. The Morgan fingerprint density at radius 2 is 1.92 bits per heavy atom. The van der Waals surface area contributed by atoms with Gasteiger partial charge in [0.25, 0.3) is 0 Å². The Kier molecular flexibility index (Phi) is 6.22. The largest absolute Gasteiger partial charge is 0.333 e. The number of hydrogen-bond donors (Lipinski definition) is 1. The minimum absolute atomic E-state index is 0.0812. The van der Waals surface area contributed by atoms with E-state index in [9.17, 15) is 13.2 Å². The van der Waals surface area contributed by atoms with Gasteiger partial charge in [0.15, 0.2) is 0 Å². The van der Waals surface area contributed by atoms with Gasteiger partial charge < -0.3 is 10.2 Å². The van der Waals surface area contributed by atoms with Crippen molar-refractivity contribution in [3.05, 3.63) is 34.9 Å². The zero-order valence-electron chi connectivity index (χ0n) is 15.0. The van der Waals surface area contributed by atoms with Crippen LogP contribution in [0.4, 0.5) is 0 Å². The van der Waals surface area contributed by atoms with E-state index in [1.54, 1.807) is 6.92 Å². The molecule has 0 spiro atoms. The lowest BCUT2D eigenvalue weighted by Crippen LogP contribution is -2.52. The first-order valence-corrected chi connectivity index (χ1v) is 11.2. The highest BCUT2D eigenvalue weighted by molar-refractivity contribution is 7.89. The van der Waals surface area contributed by atoms with Gasteiger partial charge in [0.2, 0.25) is 15.9 Å². The van der Waals surface area contributed by atoms with Crippen LogP contribution in [0.3, 0.4) is 0 Å². The van der Waals surface area contributed by atoms with E-state index in [2.05, 4.69) is 5.32 Å². The number of nitrogens with zero attached hydrogens (tertiary/aromatic N) is 2. The molecule has 1 amide bonds. The van der Waals surface area contributed by atoms with E-state index in [-0.39, 0.29) is 23.6 Å². The maximum absolute atomic E-state index is 13.2. The smallest absolute Gasteiger partial charge is 0.226 e. The number of rotatable bonds is 4. The fraction of sp³-hybridized carbons (Fsp3) is 0.611. The lowest BCUT2D eigenvalue weighted by atomic mass is 9.94. The number of halogens is 1. The molecule has 2 fully saturated rings. The standard InChI is InChI=1S/C18H26ClN3O3S/c1-2-26(24,25)21-10-7-14(8-11-21)18(23)22-12-9-20-13-17(22)15-5-3-4-6-16(15)19/h3-6,14,17,20H,2,7-13H2,1H3. The third-order valence-electron chi connectivity index (χ3n) is 5.35. The average molecular weight is 400 g/mol. The van der Waals surface area contributed by atoms with E-state index in [4.69, 9.17) is 11.6 Å². The fourth-order valence-corrected chi connectivity index (χ4v) is 5.18. The lowest BCUT2D eigenvalue weighted by molar-refractivity contribution is -0.140.